The number of azide groups is 1. The van der Waals surface area contributed by atoms with Gasteiger partial charge in [-0.2, -0.15) is 0 Å². The molecule has 0 heterocycles. The van der Waals surface area contributed by atoms with Gasteiger partial charge in [0.1, 0.15) is 12.8 Å². The van der Waals surface area contributed by atoms with E-state index < -0.39 is 29.7 Å². The molecule has 3 N–H and O–H groups in total. The summed E-state index contributed by atoms with van der Waals surface area (Å²) in [5.41, 5.74) is 8.76. The van der Waals surface area contributed by atoms with E-state index in [0.29, 0.717) is 0 Å². The fraction of sp³-hybridized carbons (Fsp3) is 0.429. The van der Waals surface area contributed by atoms with Crippen LogP contribution in [0, 0.1) is 10.8 Å². The average molecular weight is 505 g/mol. The Kier molecular flexibility index (Phi) is 8.50. The summed E-state index contributed by atoms with van der Waals surface area (Å²) in [6, 6.07) is 17.3. The first-order valence-electron chi connectivity index (χ1n) is 12.3. The van der Waals surface area contributed by atoms with E-state index in [0.717, 1.165) is 27.1 Å². The first-order valence-corrected chi connectivity index (χ1v) is 12.3. The van der Waals surface area contributed by atoms with Crippen LogP contribution in [0.3, 0.4) is 0 Å². The zero-order valence-electron chi connectivity index (χ0n) is 22.3. The number of alkyl carbamates (subject to hydrolysis) is 1. The van der Waals surface area contributed by atoms with Crippen molar-refractivity contribution in [2.45, 2.75) is 60.4 Å². The molecule has 0 saturated heterocycles. The molecule has 3 amide bonds. The summed E-state index contributed by atoms with van der Waals surface area (Å²) in [4.78, 5) is 28.5. The predicted molar refractivity (Wildman–Crippen MR) is 147 cm³/mol. The molecule has 3 rings (SSSR count). The molecule has 0 unspecified atom stereocenters. The Hall–Kier alpha value is -3.97. The number of hydrogen-bond acceptors (Lipinski definition) is 4. The first kappa shape index (κ1) is 27.6. The molecule has 0 fully saturated rings. The lowest BCUT2D eigenvalue weighted by atomic mass is 9.87. The van der Waals surface area contributed by atoms with Crippen LogP contribution in [-0.2, 0) is 11.3 Å². The number of nitrogens with one attached hydrogen (secondary N) is 3. The predicted octanol–water partition coefficient (Wildman–Crippen LogP) is 6.62. The van der Waals surface area contributed by atoms with Crippen LogP contribution in [0.25, 0.3) is 32.0 Å². The minimum Gasteiger partial charge on any atom is -0.445 e. The van der Waals surface area contributed by atoms with Crippen LogP contribution in [0.4, 0.5) is 9.59 Å². The van der Waals surface area contributed by atoms with Gasteiger partial charge in [-0.3, -0.25) is 0 Å². The number of rotatable bonds is 7. The third kappa shape index (κ3) is 7.27. The standard InChI is InChI=1S/C28H36N6O3/c1-27(2,3)23(16-30-34-29)31-25(35)32-24(28(4,5)6)33-26(36)37-17-22-20-13-9-7-11-18(20)15-19-12-8-10-14-21(19)22/h7-15,23-24H,16-17H2,1-6H3,(H,33,36)(H2,31,32,35)/t23-,24+/m1/s1. The fourth-order valence-corrected chi connectivity index (χ4v) is 4.02. The second-order valence-corrected chi connectivity index (χ2v) is 11.3. The van der Waals surface area contributed by atoms with Crippen molar-refractivity contribution in [2.75, 3.05) is 6.54 Å². The number of carbonyl (C=O) groups is 2. The van der Waals surface area contributed by atoms with Gasteiger partial charge in [-0.25, -0.2) is 9.59 Å². The zero-order valence-corrected chi connectivity index (χ0v) is 22.3. The van der Waals surface area contributed by atoms with Crippen molar-refractivity contribution in [1.29, 1.82) is 0 Å². The lowest BCUT2D eigenvalue weighted by Crippen LogP contribution is -2.59. The summed E-state index contributed by atoms with van der Waals surface area (Å²) >= 11 is 0. The Morgan fingerprint density at radius 3 is 1.97 bits per heavy atom. The highest BCUT2D eigenvalue weighted by atomic mass is 16.5. The molecular formula is C28H36N6O3. The van der Waals surface area contributed by atoms with Crippen LogP contribution >= 0.6 is 0 Å². The van der Waals surface area contributed by atoms with Crippen LogP contribution in [0.1, 0.15) is 47.1 Å². The van der Waals surface area contributed by atoms with Crippen molar-refractivity contribution in [3.63, 3.8) is 0 Å². The molecule has 2 atom stereocenters. The van der Waals surface area contributed by atoms with Crippen molar-refractivity contribution < 1.29 is 14.3 Å². The van der Waals surface area contributed by atoms with Crippen molar-refractivity contribution in [3.05, 3.63) is 70.6 Å². The zero-order chi connectivity index (χ0) is 27.2. The van der Waals surface area contributed by atoms with Crippen LogP contribution in [0.15, 0.2) is 59.7 Å². The Morgan fingerprint density at radius 1 is 0.892 bits per heavy atom. The highest BCUT2D eigenvalue weighted by molar-refractivity contribution is 6.02. The number of amides is 3. The molecule has 0 spiro atoms. The second-order valence-electron chi connectivity index (χ2n) is 11.3. The highest BCUT2D eigenvalue weighted by Crippen LogP contribution is 2.29. The van der Waals surface area contributed by atoms with Crippen molar-refractivity contribution in [1.82, 2.24) is 16.0 Å². The van der Waals surface area contributed by atoms with Gasteiger partial charge in [-0.15, -0.1) is 0 Å². The van der Waals surface area contributed by atoms with Gasteiger partial charge in [0.15, 0.2) is 0 Å². The van der Waals surface area contributed by atoms with Gasteiger partial charge < -0.3 is 20.7 Å². The monoisotopic (exact) mass is 504 g/mol. The molecule has 37 heavy (non-hydrogen) atoms. The molecule has 0 saturated carbocycles. The molecule has 0 radical (unpaired) electrons. The summed E-state index contributed by atoms with van der Waals surface area (Å²) in [5.74, 6) is 0. The Bertz CT molecular complexity index is 1260. The fourth-order valence-electron chi connectivity index (χ4n) is 4.02. The SMILES string of the molecule is CC(C)(C)[C@@H](NC(=O)N[C@H](CN=[N+]=[N-])C(C)(C)C)NC(=O)OCc1c2ccccc2cc2ccccc12. The van der Waals surface area contributed by atoms with Gasteiger partial charge in [0.25, 0.3) is 0 Å². The lowest BCUT2D eigenvalue weighted by Gasteiger charge is -2.34. The van der Waals surface area contributed by atoms with Crippen LogP contribution in [0.2, 0.25) is 0 Å². The van der Waals surface area contributed by atoms with Crippen LogP contribution in [0.5, 0.6) is 0 Å². The molecule has 0 aliphatic heterocycles. The highest BCUT2D eigenvalue weighted by Gasteiger charge is 2.31. The van der Waals surface area contributed by atoms with E-state index in [9.17, 15) is 9.59 Å². The summed E-state index contributed by atoms with van der Waals surface area (Å²) in [5, 5.41) is 16.3. The van der Waals surface area contributed by atoms with Crippen molar-refractivity contribution in [2.24, 2.45) is 15.9 Å². The molecule has 0 aliphatic carbocycles. The molecule has 0 aromatic heterocycles. The smallest absolute Gasteiger partial charge is 0.409 e. The number of fused-ring (bicyclic) bond motifs is 2. The molecule has 3 aromatic rings. The van der Waals surface area contributed by atoms with E-state index in [2.05, 4.69) is 32.0 Å². The summed E-state index contributed by atoms with van der Waals surface area (Å²) < 4.78 is 5.66. The minimum atomic E-state index is -0.718. The minimum absolute atomic E-state index is 0.0784. The number of hydrogen-bond donors (Lipinski definition) is 3. The third-order valence-electron chi connectivity index (χ3n) is 6.31. The van der Waals surface area contributed by atoms with Crippen LogP contribution in [-0.4, -0.2) is 30.9 Å². The average Bonchev–Trinajstić information content (AvgIpc) is 2.82. The van der Waals surface area contributed by atoms with Crippen LogP contribution < -0.4 is 16.0 Å². The van der Waals surface area contributed by atoms with Gasteiger partial charge in [0.2, 0.25) is 0 Å². The maximum atomic E-state index is 12.9. The van der Waals surface area contributed by atoms with Gasteiger partial charge in [-0.1, -0.05) is 95.2 Å². The number of benzene rings is 3. The lowest BCUT2D eigenvalue weighted by molar-refractivity contribution is 0.121. The molecule has 3 aromatic carbocycles. The maximum absolute atomic E-state index is 12.9. The van der Waals surface area contributed by atoms with Crippen molar-refractivity contribution in [3.8, 4) is 0 Å². The Morgan fingerprint density at radius 2 is 1.46 bits per heavy atom. The van der Waals surface area contributed by atoms with E-state index in [1.165, 1.54) is 0 Å². The number of nitrogens with zero attached hydrogens (tertiary/aromatic N) is 3. The van der Waals surface area contributed by atoms with E-state index in [4.69, 9.17) is 10.3 Å². The van der Waals surface area contributed by atoms with Gasteiger partial charge in [0.05, 0.1) is 0 Å². The molecule has 196 valence electrons. The third-order valence-corrected chi connectivity index (χ3v) is 6.31. The van der Waals surface area contributed by atoms with E-state index >= 15 is 0 Å². The van der Waals surface area contributed by atoms with E-state index in [1.807, 2.05) is 90.1 Å². The number of ether oxygens (including phenoxy) is 1. The van der Waals surface area contributed by atoms with E-state index in [1.54, 1.807) is 0 Å². The molecule has 9 heteroatoms. The topological polar surface area (TPSA) is 128 Å². The largest absolute Gasteiger partial charge is 0.445 e. The first-order chi connectivity index (χ1) is 17.4. The molecule has 9 nitrogen and oxygen atoms in total. The van der Waals surface area contributed by atoms with Gasteiger partial charge in [-0.05, 0) is 38.6 Å². The van der Waals surface area contributed by atoms with E-state index in [-0.39, 0.29) is 18.6 Å². The quantitative estimate of drug-likeness (QED) is 0.110. The van der Waals surface area contributed by atoms with Gasteiger partial charge in [0, 0.05) is 28.5 Å². The Balaban J connectivity index is 1.73. The summed E-state index contributed by atoms with van der Waals surface area (Å²) in [6.07, 6.45) is -1.36. The molecule has 0 aliphatic rings. The number of carbonyl (C=O) groups excluding carboxylic acids is 2. The summed E-state index contributed by atoms with van der Waals surface area (Å²) in [6.45, 7) is 11.7. The maximum Gasteiger partial charge on any atom is 0.409 e. The second kappa shape index (κ2) is 11.4. The Labute approximate surface area is 217 Å². The van der Waals surface area contributed by atoms with Gasteiger partial charge >= 0.3 is 12.1 Å². The van der Waals surface area contributed by atoms with Crippen molar-refractivity contribution >= 4 is 33.7 Å². The number of urea groups is 1. The molecular weight excluding hydrogens is 468 g/mol. The summed E-state index contributed by atoms with van der Waals surface area (Å²) in [7, 11) is 0. The molecule has 0 bridgehead atoms. The normalized spacial score (nSPS) is 13.4.